The first kappa shape index (κ1) is 17.0. The summed E-state index contributed by atoms with van der Waals surface area (Å²) in [7, 11) is 1.58. The van der Waals surface area contributed by atoms with E-state index in [0.717, 1.165) is 5.69 Å². The van der Waals surface area contributed by atoms with E-state index in [9.17, 15) is 9.59 Å². The third-order valence-corrected chi connectivity index (χ3v) is 4.59. The molecular weight excluding hydrogens is 338 g/mol. The number of carbonyl (C=O) groups is 2. The van der Waals surface area contributed by atoms with Crippen LogP contribution in [0, 0.1) is 0 Å². The molecule has 0 spiro atoms. The number of thioether (sulfide) groups is 1. The van der Waals surface area contributed by atoms with Crippen LogP contribution in [-0.4, -0.2) is 29.3 Å². The van der Waals surface area contributed by atoms with Crippen molar-refractivity contribution in [3.8, 4) is 5.75 Å². The quantitative estimate of drug-likeness (QED) is 0.884. The zero-order valence-corrected chi connectivity index (χ0v) is 14.4. The van der Waals surface area contributed by atoms with Gasteiger partial charge in [0.1, 0.15) is 11.0 Å². The van der Waals surface area contributed by atoms with Gasteiger partial charge in [-0.25, -0.2) is 4.99 Å². The Bertz CT molecular complexity index is 791. The van der Waals surface area contributed by atoms with Gasteiger partial charge in [0.25, 0.3) is 0 Å². The van der Waals surface area contributed by atoms with Crippen molar-refractivity contribution in [3.05, 3.63) is 54.6 Å². The molecule has 2 aromatic carbocycles. The zero-order chi connectivity index (χ0) is 17.6. The van der Waals surface area contributed by atoms with Crippen molar-refractivity contribution in [2.75, 3.05) is 12.4 Å². The lowest BCUT2D eigenvalue weighted by molar-refractivity contribution is -0.123. The van der Waals surface area contributed by atoms with Gasteiger partial charge in [-0.15, -0.1) is 0 Å². The molecule has 1 fully saturated rings. The number of amidine groups is 1. The van der Waals surface area contributed by atoms with Crippen LogP contribution < -0.4 is 15.4 Å². The van der Waals surface area contributed by atoms with Crippen LogP contribution in [0.2, 0.25) is 0 Å². The SMILES string of the molecule is COc1ccc(NC(=O)C2CC(=O)NC(=Nc3ccccc3)S2)cc1. The molecule has 25 heavy (non-hydrogen) atoms. The fraction of sp³-hybridized carbons (Fsp3) is 0.167. The number of hydrogen-bond donors (Lipinski definition) is 2. The molecule has 6 nitrogen and oxygen atoms in total. The Hall–Kier alpha value is -2.80. The Kier molecular flexibility index (Phi) is 5.35. The topological polar surface area (TPSA) is 79.8 Å². The summed E-state index contributed by atoms with van der Waals surface area (Å²) in [6, 6.07) is 16.3. The zero-order valence-electron chi connectivity index (χ0n) is 13.6. The fourth-order valence-corrected chi connectivity index (χ4v) is 3.26. The molecule has 7 heteroatoms. The van der Waals surface area contributed by atoms with Gasteiger partial charge in [0.15, 0.2) is 5.17 Å². The first-order valence-electron chi connectivity index (χ1n) is 7.69. The van der Waals surface area contributed by atoms with E-state index in [2.05, 4.69) is 15.6 Å². The van der Waals surface area contributed by atoms with Crippen molar-refractivity contribution in [1.82, 2.24) is 5.32 Å². The summed E-state index contributed by atoms with van der Waals surface area (Å²) in [5.74, 6) is 0.260. The number of anilines is 1. The van der Waals surface area contributed by atoms with E-state index in [4.69, 9.17) is 4.74 Å². The van der Waals surface area contributed by atoms with Gasteiger partial charge < -0.3 is 15.4 Å². The van der Waals surface area contributed by atoms with Crippen LogP contribution in [0.25, 0.3) is 0 Å². The maximum Gasteiger partial charge on any atom is 0.238 e. The minimum atomic E-state index is -0.529. The normalized spacial score (nSPS) is 18.5. The van der Waals surface area contributed by atoms with Crippen molar-refractivity contribution in [2.45, 2.75) is 11.7 Å². The number of benzene rings is 2. The monoisotopic (exact) mass is 355 g/mol. The summed E-state index contributed by atoms with van der Waals surface area (Å²) in [4.78, 5) is 28.8. The molecule has 1 unspecified atom stereocenters. The Labute approximate surface area is 149 Å². The van der Waals surface area contributed by atoms with Crippen LogP contribution in [0.3, 0.4) is 0 Å². The molecule has 1 aliphatic heterocycles. The first-order chi connectivity index (χ1) is 12.1. The summed E-state index contributed by atoms with van der Waals surface area (Å²) >= 11 is 1.25. The number of amides is 2. The summed E-state index contributed by atoms with van der Waals surface area (Å²) in [5, 5.41) is 5.42. The Balaban J connectivity index is 1.69. The molecule has 2 aromatic rings. The Morgan fingerprint density at radius 3 is 2.60 bits per heavy atom. The van der Waals surface area contributed by atoms with Gasteiger partial charge >= 0.3 is 0 Å². The summed E-state index contributed by atoms with van der Waals surface area (Å²) < 4.78 is 5.09. The molecule has 1 saturated heterocycles. The van der Waals surface area contributed by atoms with Crippen LogP contribution in [-0.2, 0) is 9.59 Å². The predicted molar refractivity (Wildman–Crippen MR) is 99.3 cm³/mol. The molecule has 0 saturated carbocycles. The van der Waals surface area contributed by atoms with Crippen LogP contribution in [0.5, 0.6) is 5.75 Å². The highest BCUT2D eigenvalue weighted by Gasteiger charge is 2.30. The highest BCUT2D eigenvalue weighted by molar-refractivity contribution is 8.15. The molecule has 1 aliphatic rings. The lowest BCUT2D eigenvalue weighted by Crippen LogP contribution is -2.41. The van der Waals surface area contributed by atoms with E-state index < -0.39 is 5.25 Å². The van der Waals surface area contributed by atoms with Crippen LogP contribution in [0.4, 0.5) is 11.4 Å². The van der Waals surface area contributed by atoms with E-state index >= 15 is 0 Å². The number of nitrogens with one attached hydrogen (secondary N) is 2. The highest BCUT2D eigenvalue weighted by atomic mass is 32.2. The van der Waals surface area contributed by atoms with Gasteiger partial charge in [0.2, 0.25) is 11.8 Å². The lowest BCUT2D eigenvalue weighted by Gasteiger charge is -2.22. The Morgan fingerprint density at radius 2 is 1.92 bits per heavy atom. The second kappa shape index (κ2) is 7.85. The maximum absolute atomic E-state index is 12.5. The highest BCUT2D eigenvalue weighted by Crippen LogP contribution is 2.25. The first-order valence-corrected chi connectivity index (χ1v) is 8.57. The third kappa shape index (κ3) is 4.60. The van der Waals surface area contributed by atoms with Gasteiger partial charge in [-0.3, -0.25) is 9.59 Å². The minimum Gasteiger partial charge on any atom is -0.497 e. The second-order valence-corrected chi connectivity index (χ2v) is 6.52. The number of nitrogens with zero attached hydrogens (tertiary/aromatic N) is 1. The van der Waals surface area contributed by atoms with Gasteiger partial charge in [0.05, 0.1) is 12.8 Å². The summed E-state index contributed by atoms with van der Waals surface area (Å²) in [6.45, 7) is 0. The van der Waals surface area contributed by atoms with Crippen molar-refractivity contribution in [2.24, 2.45) is 4.99 Å². The van der Waals surface area contributed by atoms with E-state index in [1.165, 1.54) is 11.8 Å². The number of carbonyl (C=O) groups excluding carboxylic acids is 2. The van der Waals surface area contributed by atoms with Crippen LogP contribution >= 0.6 is 11.8 Å². The molecule has 3 rings (SSSR count). The molecule has 0 aliphatic carbocycles. The van der Waals surface area contributed by atoms with Crippen molar-refractivity contribution in [1.29, 1.82) is 0 Å². The standard InChI is InChI=1S/C18H17N3O3S/c1-24-14-9-7-13(8-10-14)19-17(23)15-11-16(22)21-18(25-15)20-12-5-3-2-4-6-12/h2-10,15H,11H2,1H3,(H,19,23)(H,20,21,22). The van der Waals surface area contributed by atoms with Crippen molar-refractivity contribution >= 4 is 40.1 Å². The van der Waals surface area contributed by atoms with E-state index in [1.807, 2.05) is 30.3 Å². The molecule has 0 radical (unpaired) electrons. The number of aliphatic imine (C=N–C) groups is 1. The molecule has 0 aromatic heterocycles. The Morgan fingerprint density at radius 1 is 1.20 bits per heavy atom. The predicted octanol–water partition coefficient (Wildman–Crippen LogP) is 2.94. The molecule has 2 N–H and O–H groups in total. The largest absolute Gasteiger partial charge is 0.497 e. The van der Waals surface area contributed by atoms with Crippen LogP contribution in [0.15, 0.2) is 59.6 Å². The second-order valence-electron chi connectivity index (χ2n) is 5.33. The third-order valence-electron chi connectivity index (χ3n) is 3.51. The number of para-hydroxylation sites is 1. The van der Waals surface area contributed by atoms with Gasteiger partial charge in [0, 0.05) is 12.1 Å². The average Bonchev–Trinajstić information content (AvgIpc) is 2.62. The van der Waals surface area contributed by atoms with Crippen LogP contribution in [0.1, 0.15) is 6.42 Å². The molecule has 128 valence electrons. The number of hydrogen-bond acceptors (Lipinski definition) is 5. The molecule has 2 amide bonds. The van der Waals surface area contributed by atoms with Crippen molar-refractivity contribution < 1.29 is 14.3 Å². The lowest BCUT2D eigenvalue weighted by atomic mass is 10.2. The number of methoxy groups -OCH3 is 1. The van der Waals surface area contributed by atoms with Gasteiger partial charge in [-0.1, -0.05) is 30.0 Å². The fourth-order valence-electron chi connectivity index (χ4n) is 2.26. The minimum absolute atomic E-state index is 0.112. The van der Waals surface area contributed by atoms with Gasteiger partial charge in [-0.05, 0) is 36.4 Å². The molecular formula is C18H17N3O3S. The van der Waals surface area contributed by atoms with Gasteiger partial charge in [-0.2, -0.15) is 0 Å². The summed E-state index contributed by atoms with van der Waals surface area (Å²) in [6.07, 6.45) is 0.112. The summed E-state index contributed by atoms with van der Waals surface area (Å²) in [5.41, 5.74) is 1.38. The molecule has 0 bridgehead atoms. The number of ether oxygens (including phenoxy) is 1. The number of rotatable bonds is 4. The van der Waals surface area contributed by atoms with E-state index in [-0.39, 0.29) is 18.2 Å². The van der Waals surface area contributed by atoms with E-state index in [0.29, 0.717) is 16.6 Å². The molecule has 1 atom stereocenters. The maximum atomic E-state index is 12.5. The van der Waals surface area contributed by atoms with Crippen molar-refractivity contribution in [3.63, 3.8) is 0 Å². The molecule has 1 heterocycles. The van der Waals surface area contributed by atoms with E-state index in [1.54, 1.807) is 31.4 Å². The average molecular weight is 355 g/mol. The smallest absolute Gasteiger partial charge is 0.238 e.